The highest BCUT2D eigenvalue weighted by atomic mass is 35.5. The summed E-state index contributed by atoms with van der Waals surface area (Å²) < 4.78 is 16.2. The van der Waals surface area contributed by atoms with Gasteiger partial charge in [0.1, 0.15) is 11.9 Å². The number of carbonyl (C=O) groups is 1. The average molecular weight is 399 g/mol. The maximum absolute atomic E-state index is 13.2. The largest absolute Gasteiger partial charge is 0.493 e. The number of halogens is 1. The van der Waals surface area contributed by atoms with Crippen LogP contribution in [-0.2, 0) is 6.54 Å². The van der Waals surface area contributed by atoms with Crippen LogP contribution in [0.1, 0.15) is 27.8 Å². The molecule has 1 aliphatic rings. The van der Waals surface area contributed by atoms with Crippen molar-refractivity contribution in [3.63, 3.8) is 0 Å². The van der Waals surface area contributed by atoms with Crippen LogP contribution < -0.4 is 14.8 Å². The van der Waals surface area contributed by atoms with Gasteiger partial charge in [0.2, 0.25) is 0 Å². The third kappa shape index (κ3) is 3.16. The molecular formula is C21H19ClN2O4. The molecule has 2 aromatic carbocycles. The molecule has 0 spiro atoms. The lowest BCUT2D eigenvalue weighted by atomic mass is 10.0. The first-order valence-electron chi connectivity index (χ1n) is 8.72. The van der Waals surface area contributed by atoms with E-state index in [1.54, 1.807) is 36.5 Å². The molecule has 1 amide bonds. The van der Waals surface area contributed by atoms with E-state index in [2.05, 4.69) is 5.32 Å². The van der Waals surface area contributed by atoms with Crippen LogP contribution in [0.15, 0.2) is 59.2 Å². The summed E-state index contributed by atoms with van der Waals surface area (Å²) in [5.41, 5.74) is 2.15. The van der Waals surface area contributed by atoms with Gasteiger partial charge in [0.15, 0.2) is 11.5 Å². The van der Waals surface area contributed by atoms with Gasteiger partial charge >= 0.3 is 0 Å². The molecule has 0 bridgehead atoms. The monoisotopic (exact) mass is 398 g/mol. The Labute approximate surface area is 167 Å². The first-order chi connectivity index (χ1) is 13.6. The van der Waals surface area contributed by atoms with Crippen molar-refractivity contribution in [3.05, 3.63) is 76.7 Å². The lowest BCUT2D eigenvalue weighted by molar-refractivity contribution is 0.0651. The molecule has 2 heterocycles. The number of fused-ring (bicyclic) bond motifs is 1. The number of carbonyl (C=O) groups excluding carboxylic acids is 1. The topological polar surface area (TPSA) is 63.9 Å². The lowest BCUT2D eigenvalue weighted by Crippen LogP contribution is -2.42. The second-order valence-corrected chi connectivity index (χ2v) is 6.75. The maximum Gasteiger partial charge on any atom is 0.258 e. The summed E-state index contributed by atoms with van der Waals surface area (Å²) in [5, 5.41) is 3.84. The Kier molecular flexibility index (Phi) is 4.88. The Morgan fingerprint density at radius 3 is 2.68 bits per heavy atom. The van der Waals surface area contributed by atoms with Crippen LogP contribution in [0.25, 0.3) is 0 Å². The van der Waals surface area contributed by atoms with Gasteiger partial charge in [-0.1, -0.05) is 23.7 Å². The van der Waals surface area contributed by atoms with Crippen molar-refractivity contribution in [2.75, 3.05) is 19.5 Å². The van der Waals surface area contributed by atoms with E-state index in [0.29, 0.717) is 34.4 Å². The van der Waals surface area contributed by atoms with Gasteiger partial charge in [-0.2, -0.15) is 0 Å². The molecule has 1 N–H and O–H groups in total. The maximum atomic E-state index is 13.2. The van der Waals surface area contributed by atoms with Gasteiger partial charge in [-0.3, -0.25) is 4.79 Å². The second-order valence-electron chi connectivity index (χ2n) is 6.34. The molecule has 0 fully saturated rings. The molecule has 28 heavy (non-hydrogen) atoms. The fourth-order valence-corrected chi connectivity index (χ4v) is 3.68. The number of ether oxygens (including phenoxy) is 2. The molecule has 6 nitrogen and oxygen atoms in total. The average Bonchev–Trinajstić information content (AvgIpc) is 3.22. The summed E-state index contributed by atoms with van der Waals surface area (Å²) in [6.45, 7) is 0.309. The van der Waals surface area contributed by atoms with Crippen LogP contribution in [0.2, 0.25) is 5.02 Å². The molecule has 1 aliphatic heterocycles. The van der Waals surface area contributed by atoms with Crippen LogP contribution in [-0.4, -0.2) is 25.0 Å². The minimum absolute atomic E-state index is 0.0957. The normalized spacial score (nSPS) is 15.8. The molecule has 0 radical (unpaired) electrons. The predicted molar refractivity (Wildman–Crippen MR) is 106 cm³/mol. The Bertz CT molecular complexity index is 1000. The molecule has 144 valence electrons. The van der Waals surface area contributed by atoms with Crippen molar-refractivity contribution in [3.8, 4) is 11.5 Å². The van der Waals surface area contributed by atoms with E-state index in [-0.39, 0.29) is 5.91 Å². The summed E-state index contributed by atoms with van der Waals surface area (Å²) in [7, 11) is 3.08. The van der Waals surface area contributed by atoms with E-state index in [0.717, 1.165) is 11.3 Å². The number of para-hydroxylation sites is 1. The number of amides is 1. The van der Waals surface area contributed by atoms with Gasteiger partial charge in [0.25, 0.3) is 5.91 Å². The molecule has 0 saturated carbocycles. The Hall–Kier alpha value is -3.12. The summed E-state index contributed by atoms with van der Waals surface area (Å²) in [6.07, 6.45) is 1.14. The van der Waals surface area contributed by atoms with Gasteiger partial charge in [-0.25, -0.2) is 0 Å². The molecular weight excluding hydrogens is 380 g/mol. The zero-order valence-electron chi connectivity index (χ0n) is 15.4. The molecule has 0 saturated heterocycles. The van der Waals surface area contributed by atoms with E-state index in [4.69, 9.17) is 25.5 Å². The van der Waals surface area contributed by atoms with Crippen molar-refractivity contribution in [2.24, 2.45) is 0 Å². The molecule has 7 heteroatoms. The quantitative estimate of drug-likeness (QED) is 0.673. The molecule has 0 aliphatic carbocycles. The fourth-order valence-electron chi connectivity index (χ4n) is 3.39. The summed E-state index contributed by atoms with van der Waals surface area (Å²) in [4.78, 5) is 15.0. The minimum atomic E-state index is -0.454. The number of rotatable bonds is 5. The van der Waals surface area contributed by atoms with Gasteiger partial charge in [0, 0.05) is 11.3 Å². The van der Waals surface area contributed by atoms with Crippen LogP contribution in [0.5, 0.6) is 11.5 Å². The lowest BCUT2D eigenvalue weighted by Gasteiger charge is -2.38. The van der Waals surface area contributed by atoms with Crippen molar-refractivity contribution in [1.82, 2.24) is 4.90 Å². The molecule has 1 unspecified atom stereocenters. The zero-order valence-corrected chi connectivity index (χ0v) is 16.2. The van der Waals surface area contributed by atoms with Crippen molar-refractivity contribution < 1.29 is 18.7 Å². The summed E-state index contributed by atoms with van der Waals surface area (Å²) in [5.74, 6) is 1.54. The molecule has 1 atom stereocenters. The number of furan rings is 1. The number of benzene rings is 2. The Balaban J connectivity index is 1.81. The predicted octanol–water partition coefficient (Wildman–Crippen LogP) is 4.72. The van der Waals surface area contributed by atoms with Crippen molar-refractivity contribution in [1.29, 1.82) is 0 Å². The van der Waals surface area contributed by atoms with E-state index in [9.17, 15) is 4.79 Å². The summed E-state index contributed by atoms with van der Waals surface area (Å²) >= 11 is 6.40. The first kappa shape index (κ1) is 18.3. The van der Waals surface area contributed by atoms with E-state index < -0.39 is 6.17 Å². The van der Waals surface area contributed by atoms with Gasteiger partial charge in [-0.05, 0) is 36.4 Å². The highest BCUT2D eigenvalue weighted by Gasteiger charge is 2.34. The van der Waals surface area contributed by atoms with E-state index in [1.165, 1.54) is 7.11 Å². The first-order valence-corrected chi connectivity index (χ1v) is 9.10. The van der Waals surface area contributed by atoms with E-state index >= 15 is 0 Å². The third-order valence-corrected chi connectivity index (χ3v) is 4.98. The number of nitrogens with one attached hydrogen (secondary N) is 1. The smallest absolute Gasteiger partial charge is 0.258 e. The van der Waals surface area contributed by atoms with Crippen LogP contribution >= 0.6 is 11.6 Å². The number of anilines is 1. The molecule has 3 aromatic rings. The Morgan fingerprint density at radius 1 is 1.14 bits per heavy atom. The second kappa shape index (κ2) is 7.48. The van der Waals surface area contributed by atoms with Gasteiger partial charge in [-0.15, -0.1) is 0 Å². The number of nitrogens with zero attached hydrogens (tertiary/aromatic N) is 1. The molecule has 1 aromatic heterocycles. The zero-order chi connectivity index (χ0) is 19.7. The van der Waals surface area contributed by atoms with Crippen molar-refractivity contribution >= 4 is 23.2 Å². The number of methoxy groups -OCH3 is 2. The third-order valence-electron chi connectivity index (χ3n) is 4.70. The minimum Gasteiger partial charge on any atom is -0.493 e. The number of hydrogen-bond donors (Lipinski definition) is 1. The van der Waals surface area contributed by atoms with E-state index in [1.807, 2.05) is 30.3 Å². The highest BCUT2D eigenvalue weighted by Crippen LogP contribution is 2.41. The fraction of sp³-hybridized carbons (Fsp3) is 0.190. The Morgan fingerprint density at radius 2 is 1.96 bits per heavy atom. The van der Waals surface area contributed by atoms with Crippen molar-refractivity contribution in [2.45, 2.75) is 12.7 Å². The molecule has 4 rings (SSSR count). The standard InChI is InChI=1S/C21H19ClN2O4/c1-26-18-11-13(10-16(22)19(18)27-2)20-23-17-8-4-3-7-15(17)21(25)24(20)12-14-6-5-9-28-14/h3-11,20,23H,12H2,1-2H3. The van der Waals surface area contributed by atoms with Crippen LogP contribution in [0.3, 0.4) is 0 Å². The van der Waals surface area contributed by atoms with Gasteiger partial charge < -0.3 is 24.1 Å². The number of hydrogen-bond acceptors (Lipinski definition) is 5. The van der Waals surface area contributed by atoms with Gasteiger partial charge in [0.05, 0.1) is 37.6 Å². The van der Waals surface area contributed by atoms with Crippen LogP contribution in [0.4, 0.5) is 5.69 Å². The SMILES string of the molecule is COc1cc(C2Nc3ccccc3C(=O)N2Cc2ccco2)cc(Cl)c1OC. The highest BCUT2D eigenvalue weighted by molar-refractivity contribution is 6.32. The van der Waals surface area contributed by atoms with Crippen LogP contribution in [0, 0.1) is 0 Å². The summed E-state index contributed by atoms with van der Waals surface area (Å²) in [6, 6.07) is 14.6.